The molecule has 2 saturated carbocycles. The quantitative estimate of drug-likeness (QED) is 0.740. The summed E-state index contributed by atoms with van der Waals surface area (Å²) in [6.07, 6.45) is -4.99. The van der Waals surface area contributed by atoms with Crippen molar-refractivity contribution in [2.45, 2.75) is 50.0 Å². The number of carbonyl (C=O) groups excluding carboxylic acids is 2. The van der Waals surface area contributed by atoms with Crippen LogP contribution in [-0.4, -0.2) is 41.5 Å². The number of aliphatic hydroxyl groups is 1. The van der Waals surface area contributed by atoms with Crippen LogP contribution in [0, 0.1) is 11.3 Å². The average molecular weight is 308 g/mol. The zero-order valence-electron chi connectivity index (χ0n) is 11.1. The van der Waals surface area contributed by atoms with Crippen LogP contribution >= 0.6 is 0 Å². The molecule has 1 N–H and O–H groups in total. The van der Waals surface area contributed by atoms with E-state index in [9.17, 15) is 27.9 Å². The number of aliphatic hydroxyl groups excluding tert-OH is 1. The molecule has 0 aromatic carbocycles. The first-order valence-corrected chi connectivity index (χ1v) is 6.88. The molecule has 1 aliphatic heterocycles. The largest absolute Gasteiger partial charge is 0.490 e. The Morgan fingerprint density at radius 1 is 1.33 bits per heavy atom. The third-order valence-corrected chi connectivity index (χ3v) is 5.07. The molecule has 5 nitrogen and oxygen atoms in total. The highest BCUT2D eigenvalue weighted by Crippen LogP contribution is 2.60. The van der Waals surface area contributed by atoms with Crippen molar-refractivity contribution in [1.82, 2.24) is 0 Å². The summed E-state index contributed by atoms with van der Waals surface area (Å²) in [5.74, 6) is -3.31. The Morgan fingerprint density at radius 2 is 2.00 bits per heavy atom. The topological polar surface area (TPSA) is 72.8 Å². The van der Waals surface area contributed by atoms with E-state index in [0.717, 1.165) is 0 Å². The molecule has 4 atom stereocenters. The Hall–Kier alpha value is -1.31. The van der Waals surface area contributed by atoms with E-state index in [1.807, 2.05) is 0 Å². The van der Waals surface area contributed by atoms with Gasteiger partial charge >= 0.3 is 18.1 Å². The molecule has 3 fully saturated rings. The molecular weight excluding hydrogens is 293 g/mol. The number of carbonyl (C=O) groups is 2. The maximum atomic E-state index is 12.5. The number of esters is 2. The Morgan fingerprint density at radius 3 is 2.67 bits per heavy atom. The molecule has 0 radical (unpaired) electrons. The number of cyclic esters (lactones) is 1. The molecule has 0 aromatic heterocycles. The molecule has 3 aliphatic rings. The van der Waals surface area contributed by atoms with Gasteiger partial charge in [-0.3, -0.25) is 4.79 Å². The SMILES string of the molecule is O=C(O[C@]12CCCC[C@@]3(C(=O)OC[C@H]3C1)[C@H]2O)C(F)(F)F. The molecule has 0 aromatic rings. The van der Waals surface area contributed by atoms with E-state index in [1.54, 1.807) is 0 Å². The summed E-state index contributed by atoms with van der Waals surface area (Å²) in [7, 11) is 0. The highest BCUT2D eigenvalue weighted by Gasteiger charge is 2.71. The van der Waals surface area contributed by atoms with Crippen molar-refractivity contribution in [3.8, 4) is 0 Å². The fraction of sp³-hybridized carbons (Fsp3) is 0.846. The second-order valence-electron chi connectivity index (χ2n) is 6.10. The highest BCUT2D eigenvalue weighted by atomic mass is 19.4. The summed E-state index contributed by atoms with van der Waals surface area (Å²) in [6, 6.07) is 0. The van der Waals surface area contributed by atoms with Gasteiger partial charge in [-0.25, -0.2) is 4.79 Å². The fourth-order valence-electron chi connectivity index (χ4n) is 4.11. The van der Waals surface area contributed by atoms with Gasteiger partial charge in [0.05, 0.1) is 6.61 Å². The van der Waals surface area contributed by atoms with Crippen molar-refractivity contribution in [3.05, 3.63) is 0 Å². The molecule has 0 unspecified atom stereocenters. The van der Waals surface area contributed by atoms with Crippen LogP contribution < -0.4 is 0 Å². The first kappa shape index (κ1) is 14.6. The van der Waals surface area contributed by atoms with Gasteiger partial charge in [0.1, 0.15) is 17.1 Å². The van der Waals surface area contributed by atoms with Gasteiger partial charge in [0.2, 0.25) is 0 Å². The number of hydrogen-bond donors (Lipinski definition) is 1. The number of ether oxygens (including phenoxy) is 2. The Balaban J connectivity index is 1.95. The van der Waals surface area contributed by atoms with Crippen LogP contribution in [0.15, 0.2) is 0 Å². The highest BCUT2D eigenvalue weighted by molar-refractivity contribution is 5.82. The normalized spacial score (nSPS) is 42.2. The molecule has 1 spiro atoms. The summed E-state index contributed by atoms with van der Waals surface area (Å²) in [4.78, 5) is 23.2. The first-order valence-electron chi connectivity index (χ1n) is 6.88. The van der Waals surface area contributed by atoms with Crippen LogP contribution in [-0.2, 0) is 19.1 Å². The van der Waals surface area contributed by atoms with Crippen molar-refractivity contribution in [2.75, 3.05) is 6.61 Å². The number of hydrogen-bond acceptors (Lipinski definition) is 5. The Bertz CT molecular complexity index is 491. The van der Waals surface area contributed by atoms with Crippen LogP contribution in [0.2, 0.25) is 0 Å². The molecule has 1 saturated heterocycles. The lowest BCUT2D eigenvalue weighted by Crippen LogP contribution is -2.51. The summed E-state index contributed by atoms with van der Waals surface area (Å²) in [5.41, 5.74) is -2.85. The Labute approximate surface area is 118 Å². The second kappa shape index (κ2) is 4.34. The standard InChI is InChI=1S/C13H15F3O5/c14-13(15,16)10(19)21-11-3-1-2-4-12(8(11)17)7(5-11)6-20-9(12)18/h7-8,17H,1-6H2/t7-,8+,11-,12+/m1/s1. The van der Waals surface area contributed by atoms with Gasteiger partial charge in [-0.15, -0.1) is 0 Å². The molecule has 8 heteroatoms. The predicted molar refractivity (Wildman–Crippen MR) is 60.9 cm³/mol. The predicted octanol–water partition coefficient (Wildman–Crippen LogP) is 1.33. The van der Waals surface area contributed by atoms with Crippen LogP contribution in [0.1, 0.15) is 32.1 Å². The van der Waals surface area contributed by atoms with Crippen molar-refractivity contribution < 1.29 is 37.3 Å². The van der Waals surface area contributed by atoms with E-state index in [-0.39, 0.29) is 19.4 Å². The Kier molecular flexibility index (Phi) is 3.02. The average Bonchev–Trinajstić information content (AvgIpc) is 2.72. The summed E-state index contributed by atoms with van der Waals surface area (Å²) < 4.78 is 47.1. The van der Waals surface area contributed by atoms with E-state index < -0.39 is 41.2 Å². The van der Waals surface area contributed by atoms with E-state index in [1.165, 1.54) is 0 Å². The number of fused-ring (bicyclic) bond motifs is 1. The fourth-order valence-corrected chi connectivity index (χ4v) is 4.11. The van der Waals surface area contributed by atoms with Crippen molar-refractivity contribution in [1.29, 1.82) is 0 Å². The van der Waals surface area contributed by atoms with E-state index in [4.69, 9.17) is 4.74 Å². The molecule has 21 heavy (non-hydrogen) atoms. The van der Waals surface area contributed by atoms with Crippen LogP contribution in [0.4, 0.5) is 13.2 Å². The maximum absolute atomic E-state index is 12.5. The van der Waals surface area contributed by atoms with Crippen LogP contribution in [0.25, 0.3) is 0 Å². The summed E-state index contributed by atoms with van der Waals surface area (Å²) in [6.45, 7) is 0.0568. The van der Waals surface area contributed by atoms with Crippen molar-refractivity contribution in [3.63, 3.8) is 0 Å². The molecular formula is C13H15F3O5. The summed E-state index contributed by atoms with van der Waals surface area (Å²) >= 11 is 0. The van der Waals surface area contributed by atoms with Gasteiger partial charge < -0.3 is 14.6 Å². The summed E-state index contributed by atoms with van der Waals surface area (Å²) in [5, 5.41) is 10.5. The van der Waals surface area contributed by atoms with Gasteiger partial charge in [-0.2, -0.15) is 13.2 Å². The van der Waals surface area contributed by atoms with E-state index in [2.05, 4.69) is 4.74 Å². The van der Waals surface area contributed by atoms with Gasteiger partial charge in [0.15, 0.2) is 0 Å². The van der Waals surface area contributed by atoms with E-state index >= 15 is 0 Å². The smallest absolute Gasteiger partial charge is 0.465 e. The van der Waals surface area contributed by atoms with Gasteiger partial charge in [-0.1, -0.05) is 6.42 Å². The number of rotatable bonds is 1. The monoisotopic (exact) mass is 308 g/mol. The molecule has 3 rings (SSSR count). The lowest BCUT2D eigenvalue weighted by atomic mass is 9.75. The minimum absolute atomic E-state index is 0.0295. The van der Waals surface area contributed by atoms with Gasteiger partial charge in [0, 0.05) is 5.92 Å². The first-order chi connectivity index (χ1) is 9.72. The van der Waals surface area contributed by atoms with Gasteiger partial charge in [-0.05, 0) is 25.7 Å². The lowest BCUT2D eigenvalue weighted by Gasteiger charge is -2.35. The van der Waals surface area contributed by atoms with E-state index in [0.29, 0.717) is 19.3 Å². The van der Waals surface area contributed by atoms with Crippen molar-refractivity contribution >= 4 is 11.9 Å². The molecule has 2 bridgehead atoms. The third-order valence-electron chi connectivity index (χ3n) is 5.07. The lowest BCUT2D eigenvalue weighted by molar-refractivity contribution is -0.224. The second-order valence-corrected chi connectivity index (χ2v) is 6.10. The van der Waals surface area contributed by atoms with Gasteiger partial charge in [0.25, 0.3) is 0 Å². The maximum Gasteiger partial charge on any atom is 0.490 e. The minimum atomic E-state index is -5.12. The molecule has 0 amide bonds. The number of alkyl halides is 3. The zero-order valence-corrected chi connectivity index (χ0v) is 11.1. The molecule has 2 aliphatic carbocycles. The molecule has 118 valence electrons. The minimum Gasteiger partial charge on any atom is -0.465 e. The van der Waals surface area contributed by atoms with Crippen LogP contribution in [0.3, 0.4) is 0 Å². The van der Waals surface area contributed by atoms with Crippen molar-refractivity contribution in [2.24, 2.45) is 11.3 Å². The zero-order chi connectivity index (χ0) is 15.5. The third kappa shape index (κ3) is 1.88. The number of halogens is 3. The molecule has 1 heterocycles. The van der Waals surface area contributed by atoms with Crippen LogP contribution in [0.5, 0.6) is 0 Å².